The maximum Gasteiger partial charge on any atom is 0.306 e. The maximum absolute atomic E-state index is 13.1. The minimum Gasteiger partial charge on any atom is -0.458 e. The Balaban J connectivity index is 1.90. The first kappa shape index (κ1) is 26.3. The average molecular weight is 491 g/mol. The van der Waals surface area contributed by atoms with Gasteiger partial charge in [-0.1, -0.05) is 39.3 Å². The highest BCUT2D eigenvalue weighted by atomic mass is 16.6. The molecule has 0 bridgehead atoms. The summed E-state index contributed by atoms with van der Waals surface area (Å²) in [4.78, 5) is 38.4. The lowest BCUT2D eigenvalue weighted by Crippen LogP contribution is -2.72. The molecular formula is C28H42O7. The van der Waals surface area contributed by atoms with E-state index < -0.39 is 52.6 Å². The molecule has 9 atom stereocenters. The van der Waals surface area contributed by atoms with Crippen molar-refractivity contribution in [1.29, 1.82) is 0 Å². The molecule has 4 rings (SSSR count). The molecule has 2 N–H and O–H groups in total. The molecule has 3 unspecified atom stereocenters. The minimum atomic E-state index is -1.26. The summed E-state index contributed by atoms with van der Waals surface area (Å²) in [7, 11) is 0. The highest BCUT2D eigenvalue weighted by molar-refractivity contribution is 5.80. The number of hydrogen-bond donors (Lipinski definition) is 2. The van der Waals surface area contributed by atoms with E-state index in [-0.39, 0.29) is 30.0 Å². The molecule has 3 saturated carbocycles. The summed E-state index contributed by atoms with van der Waals surface area (Å²) >= 11 is 0. The van der Waals surface area contributed by atoms with E-state index in [0.717, 1.165) is 5.57 Å². The third-order valence-electron chi connectivity index (χ3n) is 9.93. The normalized spacial score (nSPS) is 44.5. The Morgan fingerprint density at radius 1 is 1.11 bits per heavy atom. The SMILES string of the molecule is CC(=O)OC1C(OC(=O)CC(C)C)[C@]2(C)[C@@H](C(C)=O)CC[C@]2(O)[C@@H]2CC=C3CC(O)CC[C@]3(C)[C@@H]12. The van der Waals surface area contributed by atoms with Gasteiger partial charge in [0.2, 0.25) is 0 Å². The lowest BCUT2D eigenvalue weighted by atomic mass is 9.44. The average Bonchev–Trinajstić information content (AvgIpc) is 3.02. The molecule has 0 saturated heterocycles. The molecule has 0 heterocycles. The zero-order valence-electron chi connectivity index (χ0n) is 22.0. The third-order valence-corrected chi connectivity index (χ3v) is 9.93. The summed E-state index contributed by atoms with van der Waals surface area (Å²) in [6, 6.07) is 0. The number of ether oxygens (including phenoxy) is 2. The number of hydrogen-bond acceptors (Lipinski definition) is 7. The Morgan fingerprint density at radius 2 is 1.80 bits per heavy atom. The molecular weight excluding hydrogens is 448 g/mol. The molecule has 3 fully saturated rings. The maximum atomic E-state index is 13.1. The minimum absolute atomic E-state index is 0.0487. The smallest absolute Gasteiger partial charge is 0.306 e. The van der Waals surface area contributed by atoms with Crippen molar-refractivity contribution in [3.63, 3.8) is 0 Å². The molecule has 0 radical (unpaired) electrons. The van der Waals surface area contributed by atoms with Crippen LogP contribution in [0.1, 0.15) is 86.5 Å². The fourth-order valence-corrected chi connectivity index (χ4v) is 8.32. The summed E-state index contributed by atoms with van der Waals surface area (Å²) in [5, 5.41) is 22.9. The number of fused-ring (bicyclic) bond motifs is 5. The second-order valence-electron chi connectivity index (χ2n) is 12.4. The standard InChI is InChI=1S/C28H42O7/c1-15(2)13-22(32)35-25-24(34-17(4)30)23-21(8-7-18-14-19(31)9-11-26(18,23)5)28(33)12-10-20(16(3)29)27(25,28)6/h7,15,19-21,23-25,31,33H,8-14H2,1-6H3/t19?,20-,21-,23-,24?,25?,26+,27+,28+/m1/s1. The van der Waals surface area contributed by atoms with Gasteiger partial charge < -0.3 is 19.7 Å². The molecule has 0 aliphatic heterocycles. The lowest BCUT2D eigenvalue weighted by Gasteiger charge is -2.64. The van der Waals surface area contributed by atoms with E-state index in [1.807, 2.05) is 20.8 Å². The second kappa shape index (κ2) is 8.98. The van der Waals surface area contributed by atoms with Crippen molar-refractivity contribution in [2.24, 2.45) is 34.5 Å². The first-order valence-electron chi connectivity index (χ1n) is 13.2. The van der Waals surface area contributed by atoms with Crippen molar-refractivity contribution < 1.29 is 34.1 Å². The lowest BCUT2D eigenvalue weighted by molar-refractivity contribution is -0.274. The molecule has 196 valence electrons. The van der Waals surface area contributed by atoms with E-state index in [4.69, 9.17) is 9.47 Å². The van der Waals surface area contributed by atoms with E-state index in [9.17, 15) is 24.6 Å². The van der Waals surface area contributed by atoms with Gasteiger partial charge in [-0.05, 0) is 62.7 Å². The number of aliphatic hydroxyl groups excluding tert-OH is 1. The van der Waals surface area contributed by atoms with E-state index >= 15 is 0 Å². The van der Waals surface area contributed by atoms with Crippen LogP contribution in [0.5, 0.6) is 0 Å². The number of esters is 2. The van der Waals surface area contributed by atoms with Crippen molar-refractivity contribution in [1.82, 2.24) is 0 Å². The Kier molecular flexibility index (Phi) is 6.76. The zero-order valence-corrected chi connectivity index (χ0v) is 22.0. The Hall–Kier alpha value is -1.73. The highest BCUT2D eigenvalue weighted by Crippen LogP contribution is 2.69. The molecule has 7 heteroatoms. The molecule has 4 aliphatic rings. The number of ketones is 1. The molecule has 0 amide bonds. The van der Waals surface area contributed by atoms with Gasteiger partial charge in [0.1, 0.15) is 18.0 Å². The predicted octanol–water partition coefficient (Wildman–Crippen LogP) is 3.74. The van der Waals surface area contributed by atoms with Crippen LogP contribution in [0.2, 0.25) is 0 Å². The van der Waals surface area contributed by atoms with E-state index in [0.29, 0.717) is 38.5 Å². The number of rotatable bonds is 5. The molecule has 4 aliphatic carbocycles. The molecule has 0 aromatic heterocycles. The molecule has 7 nitrogen and oxygen atoms in total. The first-order chi connectivity index (χ1) is 16.3. The van der Waals surface area contributed by atoms with Crippen LogP contribution in [-0.2, 0) is 23.9 Å². The van der Waals surface area contributed by atoms with Gasteiger partial charge in [-0.25, -0.2) is 0 Å². The summed E-state index contributed by atoms with van der Waals surface area (Å²) in [6.45, 7) is 10.7. The highest BCUT2D eigenvalue weighted by Gasteiger charge is 2.75. The van der Waals surface area contributed by atoms with Crippen LogP contribution < -0.4 is 0 Å². The number of Topliss-reactive ketones (excluding diaryl/α,β-unsaturated/α-hetero) is 1. The largest absolute Gasteiger partial charge is 0.458 e. The summed E-state index contributed by atoms with van der Waals surface area (Å²) in [5.74, 6) is -1.91. The van der Waals surface area contributed by atoms with Gasteiger partial charge in [0.25, 0.3) is 0 Å². The van der Waals surface area contributed by atoms with Gasteiger partial charge in [-0.2, -0.15) is 0 Å². The number of carbonyl (C=O) groups excluding carboxylic acids is 3. The number of carbonyl (C=O) groups is 3. The van der Waals surface area contributed by atoms with E-state index in [1.165, 1.54) is 13.8 Å². The van der Waals surface area contributed by atoms with Gasteiger partial charge >= 0.3 is 11.9 Å². The van der Waals surface area contributed by atoms with Crippen LogP contribution in [-0.4, -0.2) is 51.8 Å². The van der Waals surface area contributed by atoms with Crippen molar-refractivity contribution in [2.45, 2.75) is 110 Å². The van der Waals surface area contributed by atoms with Gasteiger partial charge in [0, 0.05) is 30.6 Å². The van der Waals surface area contributed by atoms with Gasteiger partial charge in [0.15, 0.2) is 0 Å². The molecule has 35 heavy (non-hydrogen) atoms. The molecule has 0 spiro atoms. The Bertz CT molecular complexity index is 924. The number of aliphatic hydroxyl groups is 2. The van der Waals surface area contributed by atoms with Crippen LogP contribution >= 0.6 is 0 Å². The first-order valence-corrected chi connectivity index (χ1v) is 13.2. The summed E-state index contributed by atoms with van der Waals surface area (Å²) in [5.41, 5.74) is -1.64. The van der Waals surface area contributed by atoms with Crippen LogP contribution in [0.3, 0.4) is 0 Å². The van der Waals surface area contributed by atoms with Gasteiger partial charge in [0.05, 0.1) is 11.7 Å². The monoisotopic (exact) mass is 490 g/mol. The van der Waals surface area contributed by atoms with Crippen LogP contribution in [0.25, 0.3) is 0 Å². The van der Waals surface area contributed by atoms with Crippen LogP contribution in [0, 0.1) is 34.5 Å². The number of allylic oxidation sites excluding steroid dienone is 1. The topological polar surface area (TPSA) is 110 Å². The summed E-state index contributed by atoms with van der Waals surface area (Å²) in [6.07, 6.45) is 3.57. The fourth-order valence-electron chi connectivity index (χ4n) is 8.32. The Morgan fingerprint density at radius 3 is 2.40 bits per heavy atom. The van der Waals surface area contributed by atoms with Gasteiger partial charge in [-0.15, -0.1) is 0 Å². The summed E-state index contributed by atoms with van der Waals surface area (Å²) < 4.78 is 12.2. The molecule has 0 aromatic rings. The predicted molar refractivity (Wildman–Crippen MR) is 129 cm³/mol. The van der Waals surface area contributed by atoms with Crippen molar-refractivity contribution >= 4 is 17.7 Å². The van der Waals surface area contributed by atoms with E-state index in [1.54, 1.807) is 0 Å². The van der Waals surface area contributed by atoms with Crippen molar-refractivity contribution in [3.8, 4) is 0 Å². The fraction of sp³-hybridized carbons (Fsp3) is 0.821. The van der Waals surface area contributed by atoms with Crippen LogP contribution in [0.4, 0.5) is 0 Å². The molecule has 0 aromatic carbocycles. The van der Waals surface area contributed by atoms with Gasteiger partial charge in [-0.3, -0.25) is 14.4 Å². The third kappa shape index (κ3) is 3.97. The van der Waals surface area contributed by atoms with Crippen molar-refractivity contribution in [2.75, 3.05) is 0 Å². The van der Waals surface area contributed by atoms with E-state index in [2.05, 4.69) is 13.0 Å². The van der Waals surface area contributed by atoms with Crippen LogP contribution in [0.15, 0.2) is 11.6 Å². The Labute approximate surface area is 208 Å². The second-order valence-corrected chi connectivity index (χ2v) is 12.4. The quantitative estimate of drug-likeness (QED) is 0.446. The zero-order chi connectivity index (χ0) is 25.9. The van der Waals surface area contributed by atoms with Crippen molar-refractivity contribution in [3.05, 3.63) is 11.6 Å².